The lowest BCUT2D eigenvalue weighted by Crippen LogP contribution is -2.31. The van der Waals surface area contributed by atoms with Crippen LogP contribution in [0.2, 0.25) is 0 Å². The van der Waals surface area contributed by atoms with Crippen LogP contribution in [-0.2, 0) is 9.53 Å². The van der Waals surface area contributed by atoms with Crippen LogP contribution in [0.3, 0.4) is 0 Å². The van der Waals surface area contributed by atoms with Crippen LogP contribution in [0.5, 0.6) is 0 Å². The normalized spacial score (nSPS) is 27.6. The molecule has 0 spiro atoms. The van der Waals surface area contributed by atoms with E-state index in [4.69, 9.17) is 4.74 Å². The van der Waals surface area contributed by atoms with Gasteiger partial charge in [0.15, 0.2) is 0 Å². The summed E-state index contributed by atoms with van der Waals surface area (Å²) in [6.45, 7) is 9.02. The molecule has 0 radical (unpaired) electrons. The Hall–Kier alpha value is -1.94. The zero-order valence-corrected chi connectivity index (χ0v) is 17.3. The Morgan fingerprint density at radius 3 is 2.46 bits per heavy atom. The number of carbonyl (C=O) groups excluding carboxylic acids is 1. The number of ether oxygens (including phenoxy) is 1. The number of esters is 1. The van der Waals surface area contributed by atoms with Crippen molar-refractivity contribution in [2.45, 2.75) is 72.0 Å². The minimum Gasteiger partial charge on any atom is -0.458 e. The van der Waals surface area contributed by atoms with E-state index in [1.165, 1.54) is 23.3 Å². The summed E-state index contributed by atoms with van der Waals surface area (Å²) in [6.07, 6.45) is 6.43. The van der Waals surface area contributed by atoms with Crippen LogP contribution < -0.4 is 0 Å². The summed E-state index contributed by atoms with van der Waals surface area (Å²) in [6, 6.07) is 6.71. The highest BCUT2D eigenvalue weighted by Crippen LogP contribution is 2.49. The fourth-order valence-corrected chi connectivity index (χ4v) is 4.22. The molecule has 1 aromatic carbocycles. The van der Waals surface area contributed by atoms with E-state index < -0.39 is 12.2 Å². The summed E-state index contributed by atoms with van der Waals surface area (Å²) >= 11 is 0. The highest BCUT2D eigenvalue weighted by atomic mass is 19.1. The smallest absolute Gasteiger partial charge is 0.309 e. The zero-order chi connectivity index (χ0) is 20.5. The van der Waals surface area contributed by atoms with Crippen molar-refractivity contribution in [3.8, 4) is 0 Å². The molecule has 3 nitrogen and oxygen atoms in total. The van der Waals surface area contributed by atoms with Crippen molar-refractivity contribution in [1.82, 2.24) is 0 Å². The maximum Gasteiger partial charge on any atom is 0.309 e. The van der Waals surface area contributed by atoms with Crippen LogP contribution in [0.15, 0.2) is 42.0 Å². The van der Waals surface area contributed by atoms with Crippen LogP contribution >= 0.6 is 0 Å². The Bertz CT molecular complexity index is 787. The molecule has 1 heterocycles. The minimum absolute atomic E-state index is 0.0630. The zero-order valence-electron chi connectivity index (χ0n) is 17.3. The molecule has 0 bridgehead atoms. The van der Waals surface area contributed by atoms with E-state index in [-0.39, 0.29) is 29.0 Å². The van der Waals surface area contributed by atoms with Gasteiger partial charge in [-0.05, 0) is 65.0 Å². The Labute approximate surface area is 167 Å². The lowest BCUT2D eigenvalue weighted by atomic mass is 9.77. The Morgan fingerprint density at radius 2 is 1.82 bits per heavy atom. The van der Waals surface area contributed by atoms with Crippen molar-refractivity contribution in [2.75, 3.05) is 0 Å². The molecule has 2 atom stereocenters. The minimum atomic E-state index is -0.650. The van der Waals surface area contributed by atoms with Gasteiger partial charge in [-0.25, -0.2) is 4.39 Å². The van der Waals surface area contributed by atoms with Gasteiger partial charge in [-0.1, -0.05) is 45.9 Å². The molecule has 152 valence electrons. The number of hydrogen-bond acceptors (Lipinski definition) is 3. The van der Waals surface area contributed by atoms with Gasteiger partial charge in [0.1, 0.15) is 11.9 Å². The quantitative estimate of drug-likeness (QED) is 0.704. The molecule has 4 heteroatoms. The Kier molecular flexibility index (Phi) is 5.81. The van der Waals surface area contributed by atoms with Crippen molar-refractivity contribution in [1.29, 1.82) is 0 Å². The van der Waals surface area contributed by atoms with Crippen LogP contribution in [-0.4, -0.2) is 23.3 Å². The first-order chi connectivity index (χ1) is 13.1. The molecule has 0 unspecified atom stereocenters. The standard InChI is InChI=1S/C24H31FO3/c1-23(2)11-12-24(3,4)21(10-9-19-13-18(26)14-22(27)28-19)20(15-23)16-5-7-17(25)8-6-16/h5-10,18-19,26H,11-15H2,1-4H3/b10-9+/t18-,19-/m1/s1. The number of hydrogen-bond donors (Lipinski definition) is 1. The molecule has 1 N–H and O–H groups in total. The third-order valence-electron chi connectivity index (χ3n) is 6.00. The number of aliphatic hydroxyl groups is 1. The molecule has 1 fully saturated rings. The van der Waals surface area contributed by atoms with Crippen molar-refractivity contribution < 1.29 is 19.0 Å². The number of benzene rings is 1. The van der Waals surface area contributed by atoms with Gasteiger partial charge >= 0.3 is 5.97 Å². The van der Waals surface area contributed by atoms with Crippen molar-refractivity contribution in [2.24, 2.45) is 10.8 Å². The van der Waals surface area contributed by atoms with Gasteiger partial charge in [0.05, 0.1) is 12.5 Å². The number of cyclic esters (lactones) is 1. The van der Waals surface area contributed by atoms with Crippen molar-refractivity contribution >= 4 is 11.5 Å². The highest BCUT2D eigenvalue weighted by molar-refractivity contribution is 5.73. The number of carbonyl (C=O) groups is 1. The van der Waals surface area contributed by atoms with Gasteiger partial charge in [0, 0.05) is 6.42 Å². The predicted molar refractivity (Wildman–Crippen MR) is 109 cm³/mol. The first-order valence-electron chi connectivity index (χ1n) is 10.1. The molecule has 1 saturated heterocycles. The van der Waals surface area contributed by atoms with E-state index in [0.717, 1.165) is 24.8 Å². The molecule has 3 rings (SSSR count). The summed E-state index contributed by atoms with van der Waals surface area (Å²) in [5.41, 5.74) is 3.52. The third kappa shape index (κ3) is 4.91. The Balaban J connectivity index is 2.04. The molecular weight excluding hydrogens is 355 g/mol. The van der Waals surface area contributed by atoms with E-state index in [0.29, 0.717) is 6.42 Å². The van der Waals surface area contributed by atoms with E-state index >= 15 is 0 Å². The molecule has 0 aromatic heterocycles. The van der Waals surface area contributed by atoms with Gasteiger partial charge in [-0.3, -0.25) is 4.79 Å². The summed E-state index contributed by atoms with van der Waals surface area (Å²) in [5.74, 6) is -0.598. The lowest BCUT2D eigenvalue weighted by Gasteiger charge is -2.28. The number of allylic oxidation sites excluding steroid dienone is 3. The number of rotatable bonds is 3. The van der Waals surface area contributed by atoms with Gasteiger partial charge in [-0.2, -0.15) is 0 Å². The second-order valence-corrected chi connectivity index (χ2v) is 9.61. The summed E-state index contributed by atoms with van der Waals surface area (Å²) < 4.78 is 18.9. The topological polar surface area (TPSA) is 46.5 Å². The highest BCUT2D eigenvalue weighted by Gasteiger charge is 2.34. The van der Waals surface area contributed by atoms with Crippen LogP contribution in [0.4, 0.5) is 4.39 Å². The predicted octanol–water partition coefficient (Wildman–Crippen LogP) is 5.44. The van der Waals surface area contributed by atoms with E-state index in [1.807, 2.05) is 18.2 Å². The summed E-state index contributed by atoms with van der Waals surface area (Å²) in [7, 11) is 0. The molecule has 0 amide bonds. The molecule has 28 heavy (non-hydrogen) atoms. The first kappa shape index (κ1) is 20.8. The number of halogens is 1. The SMILES string of the molecule is CC1(C)CCC(C)(C)C(/C=C/[C@@H]2C[C@@H](O)CC(=O)O2)=C(c2ccc(F)cc2)C1. The maximum absolute atomic E-state index is 13.5. The second kappa shape index (κ2) is 7.82. The van der Waals surface area contributed by atoms with Crippen molar-refractivity contribution in [3.63, 3.8) is 0 Å². The number of aliphatic hydroxyl groups excluding tert-OH is 1. The average molecular weight is 387 g/mol. The molecule has 0 saturated carbocycles. The second-order valence-electron chi connectivity index (χ2n) is 9.61. The van der Waals surface area contributed by atoms with Gasteiger partial charge in [0.2, 0.25) is 0 Å². The van der Waals surface area contributed by atoms with E-state index in [1.54, 1.807) is 0 Å². The van der Waals surface area contributed by atoms with Crippen LogP contribution in [0.1, 0.15) is 65.4 Å². The van der Waals surface area contributed by atoms with E-state index in [2.05, 4.69) is 33.8 Å². The van der Waals surface area contributed by atoms with E-state index in [9.17, 15) is 14.3 Å². The van der Waals surface area contributed by atoms with Gasteiger partial charge in [-0.15, -0.1) is 0 Å². The van der Waals surface area contributed by atoms with Crippen LogP contribution in [0.25, 0.3) is 5.57 Å². The first-order valence-corrected chi connectivity index (χ1v) is 10.1. The molecule has 1 aliphatic carbocycles. The van der Waals surface area contributed by atoms with Crippen molar-refractivity contribution in [3.05, 3.63) is 53.4 Å². The van der Waals surface area contributed by atoms with Gasteiger partial charge in [0.25, 0.3) is 0 Å². The molecular formula is C24H31FO3. The van der Waals surface area contributed by atoms with Gasteiger partial charge < -0.3 is 9.84 Å². The maximum atomic E-state index is 13.5. The molecule has 1 aromatic rings. The summed E-state index contributed by atoms with van der Waals surface area (Å²) in [4.78, 5) is 11.7. The Morgan fingerprint density at radius 1 is 1.14 bits per heavy atom. The third-order valence-corrected chi connectivity index (χ3v) is 6.00. The fraction of sp³-hybridized carbons (Fsp3) is 0.542. The monoisotopic (exact) mass is 386 g/mol. The largest absolute Gasteiger partial charge is 0.458 e. The molecule has 1 aliphatic heterocycles. The van der Waals surface area contributed by atoms with Crippen LogP contribution in [0, 0.1) is 16.6 Å². The molecule has 2 aliphatic rings. The summed E-state index contributed by atoms with van der Waals surface area (Å²) in [5, 5.41) is 9.88. The fourth-order valence-electron chi connectivity index (χ4n) is 4.22. The average Bonchev–Trinajstić information content (AvgIpc) is 2.67. The lowest BCUT2D eigenvalue weighted by molar-refractivity contribution is -0.156.